The van der Waals surface area contributed by atoms with Crippen LogP contribution in [0.25, 0.3) is 0 Å². The molecule has 0 bridgehead atoms. The molecule has 1 saturated heterocycles. The molecule has 0 aliphatic carbocycles. The van der Waals surface area contributed by atoms with Crippen molar-refractivity contribution in [2.24, 2.45) is 0 Å². The van der Waals surface area contributed by atoms with Crippen LogP contribution in [0.15, 0.2) is 24.3 Å². The summed E-state index contributed by atoms with van der Waals surface area (Å²) >= 11 is 0. The van der Waals surface area contributed by atoms with Crippen molar-refractivity contribution < 1.29 is 34.7 Å². The molecule has 140 valence electrons. The first-order valence-corrected chi connectivity index (χ1v) is 8.23. The first-order valence-electron chi connectivity index (χ1n) is 8.23. The number of anilines is 1. The number of ether oxygens (including phenoxy) is 2. The number of aliphatic hydroxyl groups excluding tert-OH is 3. The number of esters is 1. The molecular weight excluding hydrogens is 330 g/mol. The third-order valence-corrected chi connectivity index (χ3v) is 4.08. The lowest BCUT2D eigenvalue weighted by Crippen LogP contribution is -2.62. The van der Waals surface area contributed by atoms with Gasteiger partial charge in [-0.25, -0.2) is 0 Å². The standard InChI is InChI=1S/C17H25NO7/c1-3-14(20)25-13-7-5-4-6-11(13)18-10(2)8-17(23)16(22)15(21)12(19)9-24-17/h4-7,10,12,15-16,18-19,21-23H,3,8-9H2,1-2H3/t10?,12-,15+,16-,17-/m1/s1. The summed E-state index contributed by atoms with van der Waals surface area (Å²) in [6.07, 6.45) is -4.22. The molecule has 1 aromatic rings. The van der Waals surface area contributed by atoms with Gasteiger partial charge in [-0.05, 0) is 19.1 Å². The minimum atomic E-state index is -2.00. The quantitative estimate of drug-likeness (QED) is 0.356. The van der Waals surface area contributed by atoms with Gasteiger partial charge < -0.3 is 35.2 Å². The molecule has 0 saturated carbocycles. The molecule has 1 heterocycles. The van der Waals surface area contributed by atoms with Crippen molar-refractivity contribution in [2.75, 3.05) is 11.9 Å². The minimum absolute atomic E-state index is 0.0615. The number of benzene rings is 1. The van der Waals surface area contributed by atoms with Gasteiger partial charge in [0.25, 0.3) is 0 Å². The summed E-state index contributed by atoms with van der Waals surface area (Å²) in [5.41, 5.74) is 0.547. The molecule has 0 aromatic heterocycles. The molecule has 1 unspecified atom stereocenters. The van der Waals surface area contributed by atoms with E-state index in [1.165, 1.54) is 0 Å². The number of hydrogen-bond donors (Lipinski definition) is 5. The molecule has 1 aliphatic heterocycles. The van der Waals surface area contributed by atoms with Crippen LogP contribution >= 0.6 is 0 Å². The smallest absolute Gasteiger partial charge is 0.310 e. The van der Waals surface area contributed by atoms with E-state index in [1.807, 2.05) is 0 Å². The molecule has 2 rings (SSSR count). The Morgan fingerprint density at radius 2 is 2.08 bits per heavy atom. The van der Waals surface area contributed by atoms with Crippen molar-refractivity contribution in [1.29, 1.82) is 0 Å². The summed E-state index contributed by atoms with van der Waals surface area (Å²) in [4.78, 5) is 11.5. The van der Waals surface area contributed by atoms with E-state index in [1.54, 1.807) is 38.1 Å². The summed E-state index contributed by atoms with van der Waals surface area (Å²) in [7, 11) is 0. The molecule has 0 spiro atoms. The summed E-state index contributed by atoms with van der Waals surface area (Å²) < 4.78 is 10.4. The van der Waals surface area contributed by atoms with Gasteiger partial charge in [0.05, 0.1) is 12.3 Å². The Hall–Kier alpha value is -1.71. The van der Waals surface area contributed by atoms with Gasteiger partial charge in [-0.2, -0.15) is 0 Å². The number of hydrogen-bond acceptors (Lipinski definition) is 8. The largest absolute Gasteiger partial charge is 0.424 e. The Labute approximate surface area is 146 Å². The van der Waals surface area contributed by atoms with Gasteiger partial charge in [0.15, 0.2) is 11.5 Å². The molecule has 1 aromatic carbocycles. The molecule has 0 radical (unpaired) electrons. The van der Waals surface area contributed by atoms with Crippen LogP contribution in [0.4, 0.5) is 5.69 Å². The average molecular weight is 355 g/mol. The van der Waals surface area contributed by atoms with Crippen LogP contribution in [0.1, 0.15) is 26.7 Å². The van der Waals surface area contributed by atoms with E-state index in [9.17, 15) is 25.2 Å². The van der Waals surface area contributed by atoms with E-state index in [-0.39, 0.29) is 25.4 Å². The highest BCUT2D eigenvalue weighted by molar-refractivity contribution is 5.74. The van der Waals surface area contributed by atoms with Gasteiger partial charge in [-0.3, -0.25) is 4.79 Å². The summed E-state index contributed by atoms with van der Waals surface area (Å²) in [5, 5.41) is 42.8. The molecule has 8 heteroatoms. The highest BCUT2D eigenvalue weighted by atomic mass is 16.6. The van der Waals surface area contributed by atoms with Crippen LogP contribution in [0, 0.1) is 0 Å². The Bertz CT molecular complexity index is 596. The second-order valence-electron chi connectivity index (χ2n) is 6.23. The first kappa shape index (κ1) is 19.6. The highest BCUT2D eigenvalue weighted by Crippen LogP contribution is 2.31. The third kappa shape index (κ3) is 4.68. The van der Waals surface area contributed by atoms with Crippen molar-refractivity contribution in [3.05, 3.63) is 24.3 Å². The maximum absolute atomic E-state index is 11.5. The summed E-state index contributed by atoms with van der Waals surface area (Å²) in [5.74, 6) is -2.02. The maximum atomic E-state index is 11.5. The topological polar surface area (TPSA) is 128 Å². The minimum Gasteiger partial charge on any atom is -0.424 e. The van der Waals surface area contributed by atoms with E-state index < -0.39 is 30.1 Å². The summed E-state index contributed by atoms with van der Waals surface area (Å²) in [6, 6.07) is 6.45. The lowest BCUT2D eigenvalue weighted by Gasteiger charge is -2.42. The monoisotopic (exact) mass is 355 g/mol. The molecule has 0 amide bonds. The molecule has 8 nitrogen and oxygen atoms in total. The van der Waals surface area contributed by atoms with E-state index in [2.05, 4.69) is 5.32 Å². The van der Waals surface area contributed by atoms with Crippen molar-refractivity contribution in [2.45, 2.75) is 56.8 Å². The predicted octanol–water partition coefficient (Wildman–Crippen LogP) is -0.00600. The van der Waals surface area contributed by atoms with Gasteiger partial charge in [0.1, 0.15) is 18.3 Å². The zero-order chi connectivity index (χ0) is 18.6. The molecule has 25 heavy (non-hydrogen) atoms. The second kappa shape index (κ2) is 8.11. The van der Waals surface area contributed by atoms with Crippen molar-refractivity contribution in [1.82, 2.24) is 0 Å². The number of nitrogens with one attached hydrogen (secondary N) is 1. The fraction of sp³-hybridized carbons (Fsp3) is 0.588. The Morgan fingerprint density at radius 1 is 1.40 bits per heavy atom. The van der Waals surface area contributed by atoms with Crippen LogP contribution in [-0.4, -0.2) is 63.1 Å². The average Bonchev–Trinajstić information content (AvgIpc) is 2.58. The Kier molecular flexibility index (Phi) is 6.36. The van der Waals surface area contributed by atoms with Gasteiger partial charge in [0, 0.05) is 18.9 Å². The Morgan fingerprint density at radius 3 is 2.76 bits per heavy atom. The summed E-state index contributed by atoms with van der Waals surface area (Å²) in [6.45, 7) is 3.15. The number of carbonyl (C=O) groups is 1. The highest BCUT2D eigenvalue weighted by Gasteiger charge is 2.48. The lowest BCUT2D eigenvalue weighted by molar-refractivity contribution is -0.324. The van der Waals surface area contributed by atoms with Crippen LogP contribution in [-0.2, 0) is 9.53 Å². The first-order chi connectivity index (χ1) is 11.8. The van der Waals surface area contributed by atoms with Crippen LogP contribution in [0.3, 0.4) is 0 Å². The van der Waals surface area contributed by atoms with Crippen LogP contribution in [0.2, 0.25) is 0 Å². The van der Waals surface area contributed by atoms with Crippen molar-refractivity contribution in [3.8, 4) is 5.75 Å². The molecule has 5 N–H and O–H groups in total. The van der Waals surface area contributed by atoms with E-state index >= 15 is 0 Å². The molecular formula is C17H25NO7. The zero-order valence-corrected chi connectivity index (χ0v) is 14.3. The van der Waals surface area contributed by atoms with E-state index in [0.717, 1.165) is 0 Å². The van der Waals surface area contributed by atoms with Gasteiger partial charge >= 0.3 is 5.97 Å². The Balaban J connectivity index is 2.05. The number of aliphatic hydroxyl groups is 4. The van der Waals surface area contributed by atoms with Crippen LogP contribution < -0.4 is 10.1 Å². The van der Waals surface area contributed by atoms with Crippen LogP contribution in [0.5, 0.6) is 5.75 Å². The maximum Gasteiger partial charge on any atom is 0.310 e. The molecule has 1 aliphatic rings. The predicted molar refractivity (Wildman–Crippen MR) is 89.0 cm³/mol. The fourth-order valence-corrected chi connectivity index (χ4v) is 2.70. The van der Waals surface area contributed by atoms with Crippen molar-refractivity contribution in [3.63, 3.8) is 0 Å². The number of carbonyl (C=O) groups excluding carboxylic acids is 1. The second-order valence-corrected chi connectivity index (χ2v) is 6.23. The van der Waals surface area contributed by atoms with E-state index in [4.69, 9.17) is 9.47 Å². The lowest BCUT2D eigenvalue weighted by atomic mass is 9.92. The van der Waals surface area contributed by atoms with Gasteiger partial charge in [-0.15, -0.1) is 0 Å². The SMILES string of the molecule is CCC(=O)Oc1ccccc1NC(C)C[C@@]1(O)OC[C@@H](O)[C@H](O)[C@H]1O. The van der Waals surface area contributed by atoms with Gasteiger partial charge in [0.2, 0.25) is 0 Å². The third-order valence-electron chi connectivity index (χ3n) is 4.08. The van der Waals surface area contributed by atoms with Gasteiger partial charge in [-0.1, -0.05) is 19.1 Å². The fourth-order valence-electron chi connectivity index (χ4n) is 2.70. The molecule has 5 atom stereocenters. The number of rotatable bonds is 6. The number of para-hydroxylation sites is 2. The zero-order valence-electron chi connectivity index (χ0n) is 14.3. The van der Waals surface area contributed by atoms with Crippen molar-refractivity contribution >= 4 is 11.7 Å². The normalized spacial score (nSPS) is 30.6. The molecule has 1 fully saturated rings. The van der Waals surface area contributed by atoms with E-state index in [0.29, 0.717) is 11.4 Å².